The molecule has 1 aliphatic heterocycles. The van der Waals surface area contributed by atoms with Crippen molar-refractivity contribution in [1.82, 2.24) is 0 Å². The molecule has 1 aliphatic rings. The number of halogens is 2. The highest BCUT2D eigenvalue weighted by atomic mass is 35.5. The van der Waals surface area contributed by atoms with Crippen LogP contribution in [0.15, 0.2) is 69.7 Å². The Hall–Kier alpha value is -3.42. The minimum absolute atomic E-state index is 0.00890. The Morgan fingerprint density at radius 2 is 1.90 bits per heavy atom. The van der Waals surface area contributed by atoms with E-state index >= 15 is 0 Å². The Morgan fingerprint density at radius 3 is 2.66 bits per heavy atom. The average Bonchev–Trinajstić information content (AvgIpc) is 3.29. The van der Waals surface area contributed by atoms with E-state index in [4.69, 9.17) is 32.4 Å². The Balaban J connectivity index is 1.63. The fourth-order valence-electron chi connectivity index (χ4n) is 2.68. The van der Waals surface area contributed by atoms with Gasteiger partial charge in [-0.15, -0.1) is 0 Å². The maximum absolute atomic E-state index is 12.1. The highest BCUT2D eigenvalue weighted by Gasteiger charge is 2.25. The number of furan rings is 1. The van der Waals surface area contributed by atoms with Gasteiger partial charge in [-0.3, -0.25) is 10.1 Å². The van der Waals surface area contributed by atoms with E-state index in [0.717, 1.165) is 0 Å². The van der Waals surface area contributed by atoms with Crippen molar-refractivity contribution in [2.24, 2.45) is 4.99 Å². The molecule has 3 aromatic rings. The zero-order valence-electron chi connectivity index (χ0n) is 14.5. The topological polar surface area (TPSA) is 94.9 Å². The van der Waals surface area contributed by atoms with E-state index in [9.17, 15) is 14.9 Å². The van der Waals surface area contributed by atoms with Gasteiger partial charge in [0.05, 0.1) is 9.95 Å². The second kappa shape index (κ2) is 7.54. The largest absolute Gasteiger partial charge is 0.457 e. The summed E-state index contributed by atoms with van der Waals surface area (Å²) in [6.07, 6.45) is 1.42. The standard InChI is InChI=1S/C20H10Cl2N2O5/c21-12-4-6-15(16(22)9-12)18-7-5-14(28-18)10-17-20(25)29-19(23-17)11-2-1-3-13(8-11)24(26)27/h1-10H/b17-10-. The summed E-state index contributed by atoms with van der Waals surface area (Å²) in [7, 11) is 0. The number of non-ortho nitro benzene ring substituents is 1. The number of nitrogens with zero attached hydrogens (tertiary/aromatic N) is 2. The maximum atomic E-state index is 12.1. The van der Waals surface area contributed by atoms with Crippen LogP contribution in [-0.2, 0) is 9.53 Å². The molecular formula is C20H10Cl2N2O5. The third-order valence-electron chi connectivity index (χ3n) is 4.03. The van der Waals surface area contributed by atoms with Crippen molar-refractivity contribution in [3.8, 4) is 11.3 Å². The molecule has 0 amide bonds. The van der Waals surface area contributed by atoms with Crippen LogP contribution in [0, 0.1) is 10.1 Å². The van der Waals surface area contributed by atoms with E-state index < -0.39 is 10.9 Å². The number of hydrogen-bond donors (Lipinski definition) is 0. The first-order chi connectivity index (χ1) is 13.9. The van der Waals surface area contributed by atoms with Crippen molar-refractivity contribution in [2.45, 2.75) is 0 Å². The summed E-state index contributed by atoms with van der Waals surface area (Å²) in [6, 6.07) is 14.0. The number of cyclic esters (lactones) is 1. The average molecular weight is 429 g/mol. The van der Waals surface area contributed by atoms with Crippen molar-refractivity contribution in [3.63, 3.8) is 0 Å². The van der Waals surface area contributed by atoms with Crippen molar-refractivity contribution in [1.29, 1.82) is 0 Å². The molecular weight excluding hydrogens is 419 g/mol. The fraction of sp³-hybridized carbons (Fsp3) is 0. The number of aliphatic imine (C=N–C) groups is 1. The van der Waals surface area contributed by atoms with Gasteiger partial charge >= 0.3 is 5.97 Å². The lowest BCUT2D eigenvalue weighted by molar-refractivity contribution is -0.384. The van der Waals surface area contributed by atoms with Crippen molar-refractivity contribution in [2.75, 3.05) is 0 Å². The number of benzene rings is 2. The van der Waals surface area contributed by atoms with Crippen LogP contribution in [0.3, 0.4) is 0 Å². The van der Waals surface area contributed by atoms with E-state index in [0.29, 0.717) is 32.7 Å². The normalized spacial score (nSPS) is 14.8. The smallest absolute Gasteiger partial charge is 0.363 e. The molecule has 0 fully saturated rings. The van der Waals surface area contributed by atoms with Crippen molar-refractivity contribution < 1.29 is 18.9 Å². The highest BCUT2D eigenvalue weighted by molar-refractivity contribution is 6.36. The lowest BCUT2D eigenvalue weighted by atomic mass is 10.2. The summed E-state index contributed by atoms with van der Waals surface area (Å²) in [5.41, 5.74) is 0.850. The summed E-state index contributed by atoms with van der Waals surface area (Å²) in [4.78, 5) is 26.6. The molecule has 9 heteroatoms. The van der Waals surface area contributed by atoms with Crippen LogP contribution in [0.2, 0.25) is 10.0 Å². The quantitative estimate of drug-likeness (QED) is 0.236. The number of esters is 1. The van der Waals surface area contributed by atoms with Crippen LogP contribution in [0.1, 0.15) is 11.3 Å². The van der Waals surface area contributed by atoms with E-state index in [2.05, 4.69) is 4.99 Å². The summed E-state index contributed by atoms with van der Waals surface area (Å²) in [5, 5.41) is 11.8. The van der Waals surface area contributed by atoms with Crippen LogP contribution in [0.4, 0.5) is 5.69 Å². The van der Waals surface area contributed by atoms with Gasteiger partial charge in [-0.25, -0.2) is 9.79 Å². The molecule has 0 radical (unpaired) electrons. The minimum Gasteiger partial charge on any atom is -0.457 e. The first-order valence-corrected chi connectivity index (χ1v) is 8.99. The van der Waals surface area contributed by atoms with Gasteiger partial charge in [0.25, 0.3) is 5.69 Å². The molecule has 4 rings (SSSR count). The van der Waals surface area contributed by atoms with Gasteiger partial charge in [-0.05, 0) is 36.4 Å². The third kappa shape index (κ3) is 3.91. The molecule has 0 bridgehead atoms. The van der Waals surface area contributed by atoms with Crippen LogP contribution in [0.5, 0.6) is 0 Å². The zero-order chi connectivity index (χ0) is 20.5. The van der Waals surface area contributed by atoms with Gasteiger partial charge in [0, 0.05) is 34.4 Å². The second-order valence-corrected chi connectivity index (χ2v) is 6.81. The third-order valence-corrected chi connectivity index (χ3v) is 4.57. The number of carbonyl (C=O) groups excluding carboxylic acids is 1. The van der Waals surface area contributed by atoms with E-state index in [1.807, 2.05) is 0 Å². The molecule has 29 heavy (non-hydrogen) atoms. The summed E-state index contributed by atoms with van der Waals surface area (Å²) >= 11 is 12.1. The molecule has 2 aromatic carbocycles. The number of nitro benzene ring substituents is 1. The SMILES string of the molecule is O=C1OC(c2cccc([N+](=O)[O-])c2)=N/C1=C\c1ccc(-c2ccc(Cl)cc2Cl)o1. The maximum Gasteiger partial charge on any atom is 0.363 e. The van der Waals surface area contributed by atoms with Crippen LogP contribution in [0.25, 0.3) is 17.4 Å². The second-order valence-electron chi connectivity index (χ2n) is 5.97. The van der Waals surface area contributed by atoms with Gasteiger partial charge in [-0.2, -0.15) is 0 Å². The Kier molecular flexibility index (Phi) is 4.92. The Bertz CT molecular complexity index is 1210. The molecule has 0 saturated carbocycles. The molecule has 0 spiro atoms. The predicted octanol–water partition coefficient (Wildman–Crippen LogP) is 5.51. The molecule has 0 N–H and O–H groups in total. The number of carbonyl (C=O) groups is 1. The summed E-state index contributed by atoms with van der Waals surface area (Å²) in [5.74, 6) is 0.154. The van der Waals surface area contributed by atoms with Gasteiger partial charge < -0.3 is 9.15 Å². The molecule has 0 atom stereocenters. The Labute approximate surface area is 174 Å². The zero-order valence-corrected chi connectivity index (χ0v) is 16.0. The minimum atomic E-state index is -0.686. The number of hydrogen-bond acceptors (Lipinski definition) is 6. The van der Waals surface area contributed by atoms with E-state index in [1.165, 1.54) is 24.3 Å². The lowest BCUT2D eigenvalue weighted by Crippen LogP contribution is -2.05. The van der Waals surface area contributed by atoms with Crippen LogP contribution >= 0.6 is 23.2 Å². The Morgan fingerprint density at radius 1 is 1.07 bits per heavy atom. The number of rotatable bonds is 4. The molecule has 1 aromatic heterocycles. The first-order valence-electron chi connectivity index (χ1n) is 8.23. The van der Waals surface area contributed by atoms with Crippen molar-refractivity contribution >= 4 is 46.8 Å². The van der Waals surface area contributed by atoms with Gasteiger partial charge in [0.1, 0.15) is 11.5 Å². The monoisotopic (exact) mass is 428 g/mol. The lowest BCUT2D eigenvalue weighted by Gasteiger charge is -2.00. The molecule has 0 saturated heterocycles. The highest BCUT2D eigenvalue weighted by Crippen LogP contribution is 2.32. The van der Waals surface area contributed by atoms with Gasteiger partial charge in [0.15, 0.2) is 5.70 Å². The van der Waals surface area contributed by atoms with Crippen molar-refractivity contribution in [3.05, 3.63) is 91.8 Å². The molecule has 0 aliphatic carbocycles. The fourth-order valence-corrected chi connectivity index (χ4v) is 3.19. The molecule has 144 valence electrons. The predicted molar refractivity (Wildman–Crippen MR) is 108 cm³/mol. The number of nitro groups is 1. The van der Waals surface area contributed by atoms with Crippen LogP contribution in [-0.4, -0.2) is 16.8 Å². The van der Waals surface area contributed by atoms with Gasteiger partial charge in [-0.1, -0.05) is 29.3 Å². The first kappa shape index (κ1) is 18.9. The van der Waals surface area contributed by atoms with E-state index in [1.54, 1.807) is 36.4 Å². The summed E-state index contributed by atoms with van der Waals surface area (Å²) in [6.45, 7) is 0. The number of ether oxygens (including phenoxy) is 1. The van der Waals surface area contributed by atoms with Gasteiger partial charge in [0.2, 0.25) is 5.90 Å². The van der Waals surface area contributed by atoms with Crippen LogP contribution < -0.4 is 0 Å². The summed E-state index contributed by atoms with van der Waals surface area (Å²) < 4.78 is 10.9. The molecule has 7 nitrogen and oxygen atoms in total. The molecule has 0 unspecified atom stereocenters. The molecule has 2 heterocycles. The van der Waals surface area contributed by atoms with E-state index in [-0.39, 0.29) is 17.3 Å².